The Labute approximate surface area is 80.5 Å². The summed E-state index contributed by atoms with van der Waals surface area (Å²) < 4.78 is 0. The molecule has 0 aromatic carbocycles. The molecular weight excluding hydrogens is 160 g/mol. The van der Waals surface area contributed by atoms with E-state index >= 15 is 0 Å². The lowest BCUT2D eigenvalue weighted by Gasteiger charge is -2.30. The van der Waals surface area contributed by atoms with Gasteiger partial charge in [0.05, 0.1) is 0 Å². The number of fused-ring (bicyclic) bond motifs is 5. The summed E-state index contributed by atoms with van der Waals surface area (Å²) in [6.45, 7) is 2.87. The average molecular weight is 180 g/mol. The van der Waals surface area contributed by atoms with Crippen LogP contribution >= 0.6 is 0 Å². The van der Waals surface area contributed by atoms with Crippen molar-refractivity contribution in [2.75, 3.05) is 6.61 Å². The fourth-order valence-electron chi connectivity index (χ4n) is 4.70. The molecule has 3 fully saturated rings. The van der Waals surface area contributed by atoms with E-state index in [9.17, 15) is 5.11 Å². The average Bonchev–Trinajstić information content (AvgIpc) is 2.71. The lowest BCUT2D eigenvalue weighted by molar-refractivity contribution is 0.121. The van der Waals surface area contributed by atoms with Crippen LogP contribution in [-0.4, -0.2) is 11.7 Å². The van der Waals surface area contributed by atoms with Crippen LogP contribution in [0.2, 0.25) is 0 Å². The monoisotopic (exact) mass is 180 g/mol. The van der Waals surface area contributed by atoms with Crippen LogP contribution in [0.25, 0.3) is 0 Å². The zero-order valence-corrected chi connectivity index (χ0v) is 8.45. The Balaban J connectivity index is 1.81. The first-order valence-corrected chi connectivity index (χ1v) is 5.90. The van der Waals surface area contributed by atoms with E-state index in [2.05, 4.69) is 6.92 Å². The fraction of sp³-hybridized carbons (Fsp3) is 1.00. The third kappa shape index (κ3) is 1.03. The first-order valence-electron chi connectivity index (χ1n) is 5.90. The largest absolute Gasteiger partial charge is 0.396 e. The van der Waals surface area contributed by atoms with Crippen molar-refractivity contribution < 1.29 is 5.11 Å². The van der Waals surface area contributed by atoms with Gasteiger partial charge in [-0.1, -0.05) is 6.92 Å². The Morgan fingerprint density at radius 1 is 1.00 bits per heavy atom. The highest BCUT2D eigenvalue weighted by Crippen LogP contribution is 2.61. The van der Waals surface area contributed by atoms with Gasteiger partial charge in [0.15, 0.2) is 0 Å². The van der Waals surface area contributed by atoms with Gasteiger partial charge in [-0.25, -0.2) is 0 Å². The molecule has 3 rings (SSSR count). The molecule has 0 radical (unpaired) electrons. The van der Waals surface area contributed by atoms with E-state index in [-0.39, 0.29) is 0 Å². The summed E-state index contributed by atoms with van der Waals surface area (Å²) in [4.78, 5) is 0. The predicted molar refractivity (Wildman–Crippen MR) is 52.2 cm³/mol. The van der Waals surface area contributed by atoms with Crippen molar-refractivity contribution in [3.8, 4) is 0 Å². The molecule has 3 aliphatic rings. The summed E-state index contributed by atoms with van der Waals surface area (Å²) in [5.41, 5.74) is 0. The predicted octanol–water partition coefficient (Wildman–Crippen LogP) is 2.30. The molecule has 13 heavy (non-hydrogen) atoms. The smallest absolute Gasteiger partial charge is 0.0462 e. The topological polar surface area (TPSA) is 20.2 Å². The van der Waals surface area contributed by atoms with Crippen molar-refractivity contribution in [1.29, 1.82) is 0 Å². The maximum Gasteiger partial charge on any atom is 0.0462 e. The minimum Gasteiger partial charge on any atom is -0.396 e. The zero-order valence-electron chi connectivity index (χ0n) is 8.45. The van der Waals surface area contributed by atoms with E-state index in [4.69, 9.17) is 0 Å². The molecule has 2 bridgehead atoms. The van der Waals surface area contributed by atoms with Crippen LogP contribution in [0, 0.1) is 35.5 Å². The number of hydrogen-bond donors (Lipinski definition) is 1. The van der Waals surface area contributed by atoms with Crippen molar-refractivity contribution in [3.63, 3.8) is 0 Å². The van der Waals surface area contributed by atoms with Crippen molar-refractivity contribution in [3.05, 3.63) is 0 Å². The maximum atomic E-state index is 9.27. The van der Waals surface area contributed by atoms with Crippen LogP contribution in [0.3, 0.4) is 0 Å². The van der Waals surface area contributed by atoms with Crippen LogP contribution in [0.4, 0.5) is 0 Å². The normalized spacial score (nSPS) is 58.6. The molecule has 0 aromatic rings. The Bertz CT molecular complexity index is 209. The van der Waals surface area contributed by atoms with Crippen LogP contribution < -0.4 is 0 Å². The van der Waals surface area contributed by atoms with Gasteiger partial charge in [-0.3, -0.25) is 0 Å². The van der Waals surface area contributed by atoms with Crippen molar-refractivity contribution in [2.24, 2.45) is 35.5 Å². The molecule has 3 aliphatic carbocycles. The second-order valence-corrected chi connectivity index (χ2v) is 5.74. The van der Waals surface area contributed by atoms with E-state index < -0.39 is 0 Å². The molecule has 6 atom stereocenters. The molecule has 0 saturated heterocycles. The van der Waals surface area contributed by atoms with Crippen molar-refractivity contribution in [1.82, 2.24) is 0 Å². The molecule has 1 nitrogen and oxygen atoms in total. The van der Waals surface area contributed by atoms with E-state index in [1.165, 1.54) is 25.7 Å². The maximum absolute atomic E-state index is 9.27. The first kappa shape index (κ1) is 8.28. The minimum absolute atomic E-state index is 0.457. The van der Waals surface area contributed by atoms with Crippen molar-refractivity contribution in [2.45, 2.75) is 32.6 Å². The lowest BCUT2D eigenvalue weighted by atomic mass is 9.76. The minimum atomic E-state index is 0.457. The second kappa shape index (κ2) is 2.73. The Kier molecular flexibility index (Phi) is 1.74. The molecular formula is C12H20O. The number of aliphatic hydroxyl groups is 1. The molecule has 0 aromatic heterocycles. The molecule has 0 amide bonds. The highest BCUT2D eigenvalue weighted by molar-refractivity contribution is 5.03. The zero-order chi connectivity index (χ0) is 9.00. The van der Waals surface area contributed by atoms with Crippen molar-refractivity contribution >= 4 is 0 Å². The van der Waals surface area contributed by atoms with Gasteiger partial charge in [0.2, 0.25) is 0 Å². The van der Waals surface area contributed by atoms with E-state index in [1.807, 2.05) is 0 Å². The SMILES string of the molecule is CC1CC2C3CC(CO)C(C3)C2C1. The summed E-state index contributed by atoms with van der Waals surface area (Å²) in [7, 11) is 0. The Morgan fingerprint density at radius 3 is 2.54 bits per heavy atom. The molecule has 74 valence electrons. The second-order valence-electron chi connectivity index (χ2n) is 5.74. The molecule has 1 heteroatoms. The molecule has 3 saturated carbocycles. The van der Waals surface area contributed by atoms with Gasteiger partial charge in [-0.15, -0.1) is 0 Å². The standard InChI is InChI=1S/C12H20O/c1-7-2-10-8-4-9(6-13)11(5-8)12(10)3-7/h7-13H,2-6H2,1H3. The van der Waals surface area contributed by atoms with Gasteiger partial charge in [0.1, 0.15) is 0 Å². The number of hydrogen-bond acceptors (Lipinski definition) is 1. The van der Waals surface area contributed by atoms with Crippen LogP contribution in [-0.2, 0) is 0 Å². The number of aliphatic hydroxyl groups excluding tert-OH is 1. The third-order valence-electron chi connectivity index (χ3n) is 5.07. The van der Waals surface area contributed by atoms with Crippen LogP contribution in [0.1, 0.15) is 32.6 Å². The highest BCUT2D eigenvalue weighted by atomic mass is 16.3. The summed E-state index contributed by atoms with van der Waals surface area (Å²) in [5.74, 6) is 5.62. The molecule has 0 aliphatic heterocycles. The van der Waals surface area contributed by atoms with E-state index in [0.29, 0.717) is 12.5 Å². The molecule has 0 heterocycles. The Hall–Kier alpha value is -0.0400. The number of rotatable bonds is 1. The molecule has 0 spiro atoms. The van der Waals surface area contributed by atoms with Gasteiger partial charge < -0.3 is 5.11 Å². The lowest BCUT2D eigenvalue weighted by Crippen LogP contribution is -2.26. The van der Waals surface area contributed by atoms with Crippen LogP contribution in [0.15, 0.2) is 0 Å². The summed E-state index contributed by atoms with van der Waals surface area (Å²) in [6, 6.07) is 0. The van der Waals surface area contributed by atoms with Gasteiger partial charge in [-0.05, 0) is 61.2 Å². The highest BCUT2D eigenvalue weighted by Gasteiger charge is 2.54. The van der Waals surface area contributed by atoms with Gasteiger partial charge in [0.25, 0.3) is 0 Å². The van der Waals surface area contributed by atoms with Gasteiger partial charge in [-0.2, -0.15) is 0 Å². The summed E-state index contributed by atoms with van der Waals surface area (Å²) in [6.07, 6.45) is 5.74. The fourth-order valence-corrected chi connectivity index (χ4v) is 4.70. The quantitative estimate of drug-likeness (QED) is 0.656. The first-order chi connectivity index (χ1) is 6.29. The molecule has 1 N–H and O–H groups in total. The van der Waals surface area contributed by atoms with E-state index in [1.54, 1.807) is 0 Å². The van der Waals surface area contributed by atoms with Gasteiger partial charge >= 0.3 is 0 Å². The third-order valence-corrected chi connectivity index (χ3v) is 5.07. The molecule has 6 unspecified atom stereocenters. The summed E-state index contributed by atoms with van der Waals surface area (Å²) in [5, 5.41) is 9.27. The Morgan fingerprint density at radius 2 is 1.77 bits per heavy atom. The van der Waals surface area contributed by atoms with E-state index in [0.717, 1.165) is 29.6 Å². The van der Waals surface area contributed by atoms with Gasteiger partial charge in [0, 0.05) is 6.61 Å². The summed E-state index contributed by atoms with van der Waals surface area (Å²) >= 11 is 0. The van der Waals surface area contributed by atoms with Crippen LogP contribution in [0.5, 0.6) is 0 Å².